The van der Waals surface area contributed by atoms with Crippen molar-refractivity contribution < 1.29 is 60.7 Å². The lowest BCUT2D eigenvalue weighted by atomic mass is 10.4. The molecule has 2 rings (SSSR count). The van der Waals surface area contributed by atoms with Gasteiger partial charge in [-0.3, -0.25) is 23.7 Å². The number of hydrogen-bond acceptors (Lipinski definition) is 13. The van der Waals surface area contributed by atoms with Crippen molar-refractivity contribution in [1.29, 1.82) is 0 Å². The van der Waals surface area contributed by atoms with Gasteiger partial charge in [0.1, 0.15) is 6.10 Å². The minimum absolute atomic E-state index is 0.00882. The van der Waals surface area contributed by atoms with Crippen LogP contribution in [0.4, 0.5) is 5.95 Å². The molecule has 0 saturated carbocycles. The number of rotatable bonds is 12. The van der Waals surface area contributed by atoms with Crippen molar-refractivity contribution in [2.75, 3.05) is 12.3 Å². The monoisotopic (exact) mass is 521 g/mol. The van der Waals surface area contributed by atoms with E-state index in [9.17, 15) is 33.0 Å². The van der Waals surface area contributed by atoms with Crippen LogP contribution in [0.15, 0.2) is 11.1 Å². The molecular weight excluding hydrogens is 507 g/mol. The molecule has 178 valence electrons. The van der Waals surface area contributed by atoms with E-state index in [4.69, 9.17) is 25.2 Å². The molecule has 0 saturated heterocycles. The average Bonchev–Trinajstić information content (AvgIpc) is 3.03. The molecule has 0 bridgehead atoms. The molecular formula is C10H14N5O14P3. The fraction of sp³-hybridized carbons (Fsp3) is 0.300. The number of nitrogens with two attached hydrogens (primary N) is 1. The molecule has 2 aromatic rings. The quantitative estimate of drug-likeness (QED) is 0.134. The van der Waals surface area contributed by atoms with Crippen molar-refractivity contribution in [1.82, 2.24) is 19.5 Å². The topological polar surface area (TPSA) is 293 Å². The van der Waals surface area contributed by atoms with Gasteiger partial charge in [-0.15, -0.1) is 0 Å². The number of anilines is 1. The third kappa shape index (κ3) is 7.19. The third-order valence-electron chi connectivity index (χ3n) is 3.13. The van der Waals surface area contributed by atoms with Crippen LogP contribution in [-0.4, -0.2) is 64.4 Å². The Hall–Kier alpha value is -2.14. The first-order valence-electron chi connectivity index (χ1n) is 7.73. The molecule has 2 aromatic heterocycles. The Balaban J connectivity index is 2.13. The largest absolute Gasteiger partial charge is 0.490 e. The number of phosphoric acid groups is 3. The minimum atomic E-state index is -5.77. The van der Waals surface area contributed by atoms with Crippen molar-refractivity contribution >= 4 is 53.2 Å². The Morgan fingerprint density at radius 1 is 1.12 bits per heavy atom. The number of aromatic amines is 1. The van der Waals surface area contributed by atoms with Crippen LogP contribution in [0.2, 0.25) is 0 Å². The molecule has 0 radical (unpaired) electrons. The maximum absolute atomic E-state index is 11.8. The lowest BCUT2D eigenvalue weighted by Crippen LogP contribution is -2.27. The van der Waals surface area contributed by atoms with Gasteiger partial charge in [0, 0.05) is 0 Å². The summed E-state index contributed by atoms with van der Waals surface area (Å²) >= 11 is 0. The van der Waals surface area contributed by atoms with Gasteiger partial charge in [-0.25, -0.2) is 18.7 Å². The van der Waals surface area contributed by atoms with Crippen LogP contribution in [0.5, 0.6) is 0 Å². The molecule has 2 heterocycles. The van der Waals surface area contributed by atoms with E-state index in [1.807, 2.05) is 0 Å². The average molecular weight is 521 g/mol. The van der Waals surface area contributed by atoms with Gasteiger partial charge in [-0.05, 0) is 0 Å². The number of hydrogen-bond donors (Lipinski definition) is 6. The molecule has 0 aliphatic rings. The van der Waals surface area contributed by atoms with Crippen LogP contribution >= 0.6 is 23.5 Å². The van der Waals surface area contributed by atoms with E-state index in [1.54, 1.807) is 0 Å². The minimum Gasteiger partial charge on any atom is -0.369 e. The summed E-state index contributed by atoms with van der Waals surface area (Å²) in [4.78, 5) is 79.4. The predicted octanol–water partition coefficient (Wildman–Crippen LogP) is -1.67. The summed E-state index contributed by atoms with van der Waals surface area (Å²) < 4.78 is 50.8. The zero-order valence-electron chi connectivity index (χ0n) is 15.2. The Labute approximate surface area is 175 Å². The van der Waals surface area contributed by atoms with E-state index in [0.717, 1.165) is 10.9 Å². The molecule has 0 aromatic carbocycles. The number of nitrogen functional groups attached to an aromatic ring is 1. The van der Waals surface area contributed by atoms with Crippen molar-refractivity contribution in [3.63, 3.8) is 0 Å². The number of nitrogens with zero attached hydrogens (tertiary/aromatic N) is 3. The van der Waals surface area contributed by atoms with E-state index >= 15 is 0 Å². The van der Waals surface area contributed by atoms with Crippen LogP contribution in [0.1, 0.15) is 6.23 Å². The third-order valence-corrected chi connectivity index (χ3v) is 6.93. The van der Waals surface area contributed by atoms with E-state index in [-0.39, 0.29) is 29.7 Å². The van der Waals surface area contributed by atoms with Crippen molar-refractivity contribution in [2.24, 2.45) is 0 Å². The number of phosphoric ester groups is 1. The summed E-state index contributed by atoms with van der Waals surface area (Å²) in [6, 6.07) is 0. The number of fused-ring (bicyclic) bond motifs is 1. The molecule has 22 heteroatoms. The van der Waals surface area contributed by atoms with E-state index in [0.29, 0.717) is 0 Å². The summed E-state index contributed by atoms with van der Waals surface area (Å²) in [6.07, 6.45) is -2.35. The second kappa shape index (κ2) is 9.78. The van der Waals surface area contributed by atoms with Gasteiger partial charge in [0.05, 0.1) is 12.9 Å². The second-order valence-corrected chi connectivity index (χ2v) is 9.92. The first-order valence-corrected chi connectivity index (χ1v) is 12.3. The fourth-order valence-corrected chi connectivity index (χ4v) is 5.08. The van der Waals surface area contributed by atoms with Gasteiger partial charge in [-0.2, -0.15) is 13.6 Å². The van der Waals surface area contributed by atoms with Crippen molar-refractivity contribution in [3.8, 4) is 0 Å². The van der Waals surface area contributed by atoms with Crippen molar-refractivity contribution in [3.05, 3.63) is 16.7 Å². The molecule has 4 unspecified atom stereocenters. The highest BCUT2D eigenvalue weighted by molar-refractivity contribution is 7.66. The van der Waals surface area contributed by atoms with Gasteiger partial charge < -0.3 is 34.8 Å². The zero-order valence-corrected chi connectivity index (χ0v) is 17.9. The Kier molecular flexibility index (Phi) is 7.98. The van der Waals surface area contributed by atoms with Crippen LogP contribution in [0.3, 0.4) is 0 Å². The van der Waals surface area contributed by atoms with Crippen molar-refractivity contribution in [2.45, 2.75) is 12.3 Å². The summed E-state index contributed by atoms with van der Waals surface area (Å²) in [5.41, 5.74) is 4.24. The van der Waals surface area contributed by atoms with E-state index < -0.39 is 48.0 Å². The van der Waals surface area contributed by atoms with Gasteiger partial charge in [0.2, 0.25) is 5.95 Å². The number of aromatic nitrogens is 4. The fourth-order valence-electron chi connectivity index (χ4n) is 2.05. The first-order chi connectivity index (χ1) is 14.7. The molecule has 0 aliphatic carbocycles. The van der Waals surface area contributed by atoms with E-state index in [1.165, 1.54) is 0 Å². The zero-order chi connectivity index (χ0) is 24.3. The summed E-state index contributed by atoms with van der Waals surface area (Å²) in [7, 11) is -16.9. The SMILES string of the molecule is Nc1nc2c(ncn2C(C=O)OC(C=O)COP(=O)(O)OP(=O)(O)OP(=O)(O)O)c(=O)[nH]1. The lowest BCUT2D eigenvalue weighted by Gasteiger charge is -2.20. The smallest absolute Gasteiger partial charge is 0.369 e. The highest BCUT2D eigenvalue weighted by atomic mass is 31.3. The predicted molar refractivity (Wildman–Crippen MR) is 98.4 cm³/mol. The highest BCUT2D eigenvalue weighted by Crippen LogP contribution is 2.66. The number of imidazole rings is 1. The standard InChI is InChI=1S/C10H14N5O14P3/c11-10-13-8-7(9(18)14-10)12-4-15(8)6(2-17)27-5(1-16)3-26-31(22,23)29-32(24,25)28-30(19,20)21/h1-2,4-6H,3H2,(H,22,23)(H,24,25)(H2,19,20,21)(H3,11,13,14,18). The molecule has 0 spiro atoms. The number of ether oxygens (including phenoxy) is 1. The molecule has 0 fully saturated rings. The van der Waals surface area contributed by atoms with Crippen LogP contribution in [0.25, 0.3) is 11.2 Å². The van der Waals surface area contributed by atoms with Gasteiger partial charge in [0.25, 0.3) is 5.56 Å². The normalized spacial score (nSPS) is 17.9. The van der Waals surface area contributed by atoms with Gasteiger partial charge in [-0.1, -0.05) is 0 Å². The molecule has 7 N–H and O–H groups in total. The molecule has 0 aliphatic heterocycles. The van der Waals surface area contributed by atoms with Crippen LogP contribution in [0, 0.1) is 0 Å². The lowest BCUT2D eigenvalue weighted by molar-refractivity contribution is -0.139. The first kappa shape index (κ1) is 26.1. The maximum atomic E-state index is 11.8. The number of nitrogens with one attached hydrogen (secondary N) is 1. The molecule has 19 nitrogen and oxygen atoms in total. The van der Waals surface area contributed by atoms with Crippen LogP contribution in [-0.2, 0) is 41.2 Å². The Morgan fingerprint density at radius 3 is 2.34 bits per heavy atom. The number of carbonyl (C=O) groups is 2. The Bertz CT molecular complexity index is 1200. The van der Waals surface area contributed by atoms with E-state index in [2.05, 4.69) is 28.1 Å². The maximum Gasteiger partial charge on any atom is 0.490 e. The molecule has 4 atom stereocenters. The number of carbonyl (C=O) groups excluding carboxylic acids is 2. The highest BCUT2D eigenvalue weighted by Gasteiger charge is 2.41. The summed E-state index contributed by atoms with van der Waals surface area (Å²) in [5, 5.41) is 0. The number of H-pyrrole nitrogens is 1. The number of aldehydes is 2. The Morgan fingerprint density at radius 2 is 1.78 bits per heavy atom. The van der Waals surface area contributed by atoms with Gasteiger partial charge >= 0.3 is 23.5 Å². The summed E-state index contributed by atoms with van der Waals surface area (Å²) in [5.74, 6) is -0.325. The van der Waals surface area contributed by atoms with Crippen LogP contribution < -0.4 is 11.3 Å². The summed E-state index contributed by atoms with van der Waals surface area (Å²) in [6.45, 7) is -1.15. The second-order valence-electron chi connectivity index (χ2n) is 5.50. The molecule has 0 amide bonds. The molecule has 32 heavy (non-hydrogen) atoms. The van der Waals surface area contributed by atoms with Gasteiger partial charge in [0.15, 0.2) is 30.0 Å².